The quantitative estimate of drug-likeness (QED) is 0.655. The summed E-state index contributed by atoms with van der Waals surface area (Å²) < 4.78 is 13.4. The highest BCUT2D eigenvalue weighted by atomic mass is 32.2. The summed E-state index contributed by atoms with van der Waals surface area (Å²) in [7, 11) is 0. The molecule has 0 fully saturated rings. The van der Waals surface area contributed by atoms with Crippen molar-refractivity contribution in [1.82, 2.24) is 0 Å². The highest BCUT2D eigenvalue weighted by Gasteiger charge is 2.05. The van der Waals surface area contributed by atoms with Crippen molar-refractivity contribution in [3.05, 3.63) is 59.4 Å². The number of hydrogen-bond acceptors (Lipinski definition) is 2. The highest BCUT2D eigenvalue weighted by Crippen LogP contribution is 2.29. The topological polar surface area (TPSA) is 26.0 Å². The standard InChI is InChI=1S/C14H14FNS/c1-10-13(16)7-4-8-14(10)17-9-11-5-2-3-6-12(11)15/h2-8H,9,16H2,1H3. The zero-order valence-electron chi connectivity index (χ0n) is 9.61. The van der Waals surface area contributed by atoms with Crippen molar-refractivity contribution < 1.29 is 4.39 Å². The molecule has 0 aliphatic carbocycles. The van der Waals surface area contributed by atoms with Gasteiger partial charge in [-0.25, -0.2) is 4.39 Å². The number of nitrogen functional groups attached to an aromatic ring is 1. The predicted molar refractivity (Wildman–Crippen MR) is 71.6 cm³/mol. The number of thioether (sulfide) groups is 1. The lowest BCUT2D eigenvalue weighted by Crippen LogP contribution is -1.92. The number of hydrogen-bond donors (Lipinski definition) is 1. The summed E-state index contributed by atoms with van der Waals surface area (Å²) in [4.78, 5) is 1.10. The van der Waals surface area contributed by atoms with Crippen LogP contribution in [-0.4, -0.2) is 0 Å². The molecule has 0 aliphatic rings. The minimum absolute atomic E-state index is 0.151. The summed E-state index contributed by atoms with van der Waals surface area (Å²) in [5, 5.41) is 0. The highest BCUT2D eigenvalue weighted by molar-refractivity contribution is 7.98. The fraction of sp³-hybridized carbons (Fsp3) is 0.143. The second kappa shape index (κ2) is 5.23. The summed E-state index contributed by atoms with van der Waals surface area (Å²) in [5.74, 6) is 0.471. The van der Waals surface area contributed by atoms with E-state index in [9.17, 15) is 4.39 Å². The maximum Gasteiger partial charge on any atom is 0.127 e. The first-order valence-electron chi connectivity index (χ1n) is 5.40. The Kier molecular flexibility index (Phi) is 3.69. The predicted octanol–water partition coefficient (Wildman–Crippen LogP) is 4.01. The molecule has 0 saturated carbocycles. The average molecular weight is 247 g/mol. The SMILES string of the molecule is Cc1c(N)cccc1SCc1ccccc1F. The van der Waals surface area contributed by atoms with E-state index >= 15 is 0 Å². The molecule has 0 spiro atoms. The van der Waals surface area contributed by atoms with Crippen LogP contribution in [0.4, 0.5) is 10.1 Å². The van der Waals surface area contributed by atoms with Gasteiger partial charge >= 0.3 is 0 Å². The molecule has 0 aromatic heterocycles. The van der Waals surface area contributed by atoms with Gasteiger partial charge in [0.15, 0.2) is 0 Å². The van der Waals surface area contributed by atoms with Crippen LogP contribution in [0.5, 0.6) is 0 Å². The van der Waals surface area contributed by atoms with Crippen molar-refractivity contribution in [3.63, 3.8) is 0 Å². The van der Waals surface area contributed by atoms with E-state index in [1.807, 2.05) is 37.3 Å². The maximum absolute atomic E-state index is 13.4. The molecule has 0 radical (unpaired) electrons. The van der Waals surface area contributed by atoms with Gasteiger partial charge in [0, 0.05) is 16.3 Å². The molecule has 2 aromatic carbocycles. The fourth-order valence-electron chi connectivity index (χ4n) is 1.56. The molecular weight excluding hydrogens is 233 g/mol. The van der Waals surface area contributed by atoms with Gasteiger partial charge in [-0.1, -0.05) is 24.3 Å². The van der Waals surface area contributed by atoms with Crippen molar-refractivity contribution in [2.24, 2.45) is 0 Å². The molecule has 0 heterocycles. The third-order valence-corrected chi connectivity index (χ3v) is 3.88. The average Bonchev–Trinajstić information content (AvgIpc) is 2.33. The summed E-state index contributed by atoms with van der Waals surface area (Å²) in [6.07, 6.45) is 0. The Labute approximate surface area is 105 Å². The van der Waals surface area contributed by atoms with Gasteiger partial charge in [-0.05, 0) is 36.2 Å². The molecule has 0 saturated heterocycles. The lowest BCUT2D eigenvalue weighted by atomic mass is 10.2. The van der Waals surface area contributed by atoms with Crippen LogP contribution in [0.1, 0.15) is 11.1 Å². The Balaban J connectivity index is 2.13. The second-order valence-electron chi connectivity index (χ2n) is 3.85. The lowest BCUT2D eigenvalue weighted by molar-refractivity contribution is 0.617. The Morgan fingerprint density at radius 1 is 1.12 bits per heavy atom. The van der Waals surface area contributed by atoms with Gasteiger partial charge in [-0.15, -0.1) is 11.8 Å². The number of halogens is 1. The van der Waals surface area contributed by atoms with Gasteiger partial charge in [0.25, 0.3) is 0 Å². The summed E-state index contributed by atoms with van der Waals surface area (Å²) in [6, 6.07) is 12.7. The Hall–Kier alpha value is -1.48. The smallest absolute Gasteiger partial charge is 0.127 e. The summed E-state index contributed by atoms with van der Waals surface area (Å²) >= 11 is 1.61. The molecule has 2 aromatic rings. The molecule has 3 heteroatoms. The largest absolute Gasteiger partial charge is 0.398 e. The number of benzene rings is 2. The first kappa shape index (κ1) is 12.0. The van der Waals surface area contributed by atoms with Gasteiger partial charge in [0.1, 0.15) is 5.82 Å². The Bertz CT molecular complexity index is 525. The minimum Gasteiger partial charge on any atom is -0.398 e. The molecule has 88 valence electrons. The first-order chi connectivity index (χ1) is 8.18. The van der Waals surface area contributed by atoms with E-state index in [-0.39, 0.29) is 5.82 Å². The van der Waals surface area contributed by atoms with Gasteiger partial charge in [0.2, 0.25) is 0 Å². The molecule has 1 nitrogen and oxygen atoms in total. The molecule has 0 bridgehead atoms. The zero-order valence-corrected chi connectivity index (χ0v) is 10.4. The summed E-state index contributed by atoms with van der Waals surface area (Å²) in [5.41, 5.74) is 8.40. The molecule has 0 aliphatic heterocycles. The molecule has 2 rings (SSSR count). The number of rotatable bonds is 3. The normalized spacial score (nSPS) is 10.5. The van der Waals surface area contributed by atoms with E-state index in [4.69, 9.17) is 5.73 Å². The number of nitrogens with two attached hydrogens (primary N) is 1. The van der Waals surface area contributed by atoms with Crippen molar-refractivity contribution in [1.29, 1.82) is 0 Å². The van der Waals surface area contributed by atoms with E-state index in [1.165, 1.54) is 6.07 Å². The van der Waals surface area contributed by atoms with Crippen molar-refractivity contribution in [2.75, 3.05) is 5.73 Å². The van der Waals surface area contributed by atoms with E-state index in [2.05, 4.69) is 0 Å². The third kappa shape index (κ3) is 2.80. The van der Waals surface area contributed by atoms with Crippen molar-refractivity contribution in [3.8, 4) is 0 Å². The van der Waals surface area contributed by atoms with Gasteiger partial charge in [-0.3, -0.25) is 0 Å². The molecule has 0 unspecified atom stereocenters. The third-order valence-electron chi connectivity index (χ3n) is 2.67. The van der Waals surface area contributed by atoms with Gasteiger partial charge in [0.05, 0.1) is 0 Å². The van der Waals surface area contributed by atoms with E-state index in [0.717, 1.165) is 21.7 Å². The van der Waals surface area contributed by atoms with Gasteiger partial charge < -0.3 is 5.73 Å². The molecule has 17 heavy (non-hydrogen) atoms. The zero-order chi connectivity index (χ0) is 12.3. The molecular formula is C14H14FNS. The molecule has 2 N–H and O–H groups in total. The second-order valence-corrected chi connectivity index (χ2v) is 4.87. The Morgan fingerprint density at radius 3 is 2.65 bits per heavy atom. The van der Waals surface area contributed by atoms with E-state index in [1.54, 1.807) is 17.8 Å². The van der Waals surface area contributed by atoms with Crippen LogP contribution in [0.15, 0.2) is 47.4 Å². The Morgan fingerprint density at radius 2 is 1.88 bits per heavy atom. The number of anilines is 1. The van der Waals surface area contributed by atoms with Crippen LogP contribution in [0.3, 0.4) is 0 Å². The molecule has 0 amide bonds. The van der Waals surface area contributed by atoms with Crippen molar-refractivity contribution in [2.45, 2.75) is 17.6 Å². The van der Waals surface area contributed by atoms with Gasteiger partial charge in [-0.2, -0.15) is 0 Å². The van der Waals surface area contributed by atoms with Crippen LogP contribution in [0, 0.1) is 12.7 Å². The van der Waals surface area contributed by atoms with Crippen LogP contribution >= 0.6 is 11.8 Å². The monoisotopic (exact) mass is 247 g/mol. The van der Waals surface area contributed by atoms with Crippen molar-refractivity contribution >= 4 is 17.4 Å². The first-order valence-corrected chi connectivity index (χ1v) is 6.38. The van der Waals surface area contributed by atoms with Crippen LogP contribution in [-0.2, 0) is 5.75 Å². The summed E-state index contributed by atoms with van der Waals surface area (Å²) in [6.45, 7) is 1.99. The maximum atomic E-state index is 13.4. The lowest BCUT2D eigenvalue weighted by Gasteiger charge is -2.08. The fourth-order valence-corrected chi connectivity index (χ4v) is 2.61. The molecule has 0 atom stereocenters. The van der Waals surface area contributed by atoms with Crippen LogP contribution in [0.2, 0.25) is 0 Å². The van der Waals surface area contributed by atoms with Crippen LogP contribution in [0.25, 0.3) is 0 Å². The van der Waals surface area contributed by atoms with E-state index < -0.39 is 0 Å². The minimum atomic E-state index is -0.151. The van der Waals surface area contributed by atoms with E-state index in [0.29, 0.717) is 5.75 Å². The van der Waals surface area contributed by atoms with Crippen LogP contribution < -0.4 is 5.73 Å².